The number of aromatic nitrogens is 1. The molecule has 0 spiro atoms. The van der Waals surface area contributed by atoms with Crippen molar-refractivity contribution >= 4 is 16.0 Å². The minimum absolute atomic E-state index is 0.283. The Morgan fingerprint density at radius 1 is 1.15 bits per heavy atom. The first-order chi connectivity index (χ1) is 9.25. The molecule has 2 rings (SSSR count). The number of carbonyl (C=O) groups is 1. The van der Waals surface area contributed by atoms with Gasteiger partial charge in [-0.05, 0) is 26.0 Å². The van der Waals surface area contributed by atoms with Crippen LogP contribution in [0.1, 0.15) is 21.7 Å². The highest BCUT2D eigenvalue weighted by molar-refractivity contribution is 7.89. The first-order valence-corrected chi connectivity index (χ1v) is 7.33. The third-order valence-electron chi connectivity index (χ3n) is 3.10. The molecule has 1 heterocycles. The van der Waals surface area contributed by atoms with Crippen LogP contribution in [0.3, 0.4) is 0 Å². The summed E-state index contributed by atoms with van der Waals surface area (Å²) in [4.78, 5) is 11.0. The number of para-hydroxylation sites is 1. The summed E-state index contributed by atoms with van der Waals surface area (Å²) in [6, 6.07) is 8.91. The molecule has 0 bridgehead atoms. The van der Waals surface area contributed by atoms with E-state index in [9.17, 15) is 18.3 Å². The van der Waals surface area contributed by atoms with E-state index in [1.165, 1.54) is 6.92 Å². The third kappa shape index (κ3) is 2.21. The van der Waals surface area contributed by atoms with Gasteiger partial charge < -0.3 is 9.67 Å². The van der Waals surface area contributed by atoms with Gasteiger partial charge in [0.15, 0.2) is 0 Å². The van der Waals surface area contributed by atoms with Crippen LogP contribution in [0.15, 0.2) is 35.2 Å². The lowest BCUT2D eigenvalue weighted by Crippen LogP contribution is -2.16. The SMILES string of the molecule is Cc1c(C(=O)O)c(S(N)(=O)=O)c(C)n1-c1ccccc1. The number of carboxylic acid groups (broad SMARTS) is 1. The topological polar surface area (TPSA) is 102 Å². The molecule has 0 aliphatic heterocycles. The highest BCUT2D eigenvalue weighted by atomic mass is 32.2. The van der Waals surface area contributed by atoms with Crippen LogP contribution >= 0.6 is 0 Å². The van der Waals surface area contributed by atoms with Gasteiger partial charge in [-0.1, -0.05) is 18.2 Å². The van der Waals surface area contributed by atoms with Crippen molar-refractivity contribution in [1.82, 2.24) is 4.57 Å². The molecular weight excluding hydrogens is 280 g/mol. The summed E-state index contributed by atoms with van der Waals surface area (Å²) in [5.74, 6) is -1.32. The highest BCUT2D eigenvalue weighted by Gasteiger charge is 2.29. The number of nitrogens with zero attached hydrogens (tertiary/aromatic N) is 1. The van der Waals surface area contributed by atoms with Crippen molar-refractivity contribution in [1.29, 1.82) is 0 Å². The molecule has 0 aliphatic carbocycles. The van der Waals surface area contributed by atoms with E-state index in [4.69, 9.17) is 5.14 Å². The third-order valence-corrected chi connectivity index (χ3v) is 4.17. The van der Waals surface area contributed by atoms with Crippen LogP contribution in [0.25, 0.3) is 5.69 Å². The molecule has 20 heavy (non-hydrogen) atoms. The van der Waals surface area contributed by atoms with E-state index in [-0.39, 0.29) is 16.2 Å². The van der Waals surface area contributed by atoms with Gasteiger partial charge >= 0.3 is 5.97 Å². The standard InChI is InChI=1S/C13H14N2O4S/c1-8-11(13(16)17)12(20(14,18)19)9(2)15(8)10-6-4-3-5-7-10/h3-7H,1-2H3,(H,16,17)(H2,14,18,19). The van der Waals surface area contributed by atoms with Crippen LogP contribution in [0.4, 0.5) is 0 Å². The number of rotatable bonds is 3. The van der Waals surface area contributed by atoms with Crippen molar-refractivity contribution in [2.75, 3.05) is 0 Å². The van der Waals surface area contributed by atoms with E-state index in [0.717, 1.165) is 0 Å². The van der Waals surface area contributed by atoms with Gasteiger partial charge in [0.2, 0.25) is 10.0 Å². The Hall–Kier alpha value is -2.12. The molecule has 106 valence electrons. The number of sulfonamides is 1. The van der Waals surface area contributed by atoms with Gasteiger partial charge in [0.05, 0.1) is 0 Å². The molecule has 0 aliphatic rings. The summed E-state index contributed by atoms with van der Waals surface area (Å²) in [6.45, 7) is 3.09. The number of benzene rings is 1. The number of hydrogen-bond donors (Lipinski definition) is 2. The Bertz CT molecular complexity index is 776. The molecule has 0 saturated carbocycles. The van der Waals surface area contributed by atoms with Gasteiger partial charge in [-0.3, -0.25) is 0 Å². The Balaban J connectivity index is 2.90. The van der Waals surface area contributed by atoms with Gasteiger partial charge in [0.25, 0.3) is 0 Å². The van der Waals surface area contributed by atoms with Crippen LogP contribution in [0, 0.1) is 13.8 Å². The summed E-state index contributed by atoms with van der Waals surface area (Å²) >= 11 is 0. The van der Waals surface area contributed by atoms with Crippen LogP contribution < -0.4 is 5.14 Å². The first-order valence-electron chi connectivity index (χ1n) is 5.78. The average molecular weight is 294 g/mol. The van der Waals surface area contributed by atoms with Gasteiger partial charge in [-0.25, -0.2) is 18.4 Å². The minimum atomic E-state index is -4.12. The van der Waals surface area contributed by atoms with Crippen molar-refractivity contribution in [2.24, 2.45) is 5.14 Å². The normalized spacial score (nSPS) is 11.6. The summed E-state index contributed by atoms with van der Waals surface area (Å²) in [7, 11) is -4.12. The quantitative estimate of drug-likeness (QED) is 0.894. The summed E-state index contributed by atoms with van der Waals surface area (Å²) < 4.78 is 24.9. The molecule has 0 saturated heterocycles. The maximum Gasteiger partial charge on any atom is 0.338 e. The van der Waals surface area contributed by atoms with E-state index in [2.05, 4.69) is 0 Å². The number of aromatic carboxylic acids is 1. The second kappa shape index (κ2) is 4.77. The van der Waals surface area contributed by atoms with Gasteiger partial charge in [-0.15, -0.1) is 0 Å². The maximum atomic E-state index is 11.7. The molecule has 7 heteroatoms. The highest BCUT2D eigenvalue weighted by Crippen LogP contribution is 2.29. The molecule has 3 N–H and O–H groups in total. The number of primary sulfonamides is 1. The summed E-state index contributed by atoms with van der Waals surface area (Å²) in [5, 5.41) is 14.4. The van der Waals surface area contributed by atoms with Gasteiger partial charge in [0.1, 0.15) is 10.5 Å². The van der Waals surface area contributed by atoms with E-state index in [1.54, 1.807) is 35.8 Å². The van der Waals surface area contributed by atoms with Gasteiger partial charge in [-0.2, -0.15) is 0 Å². The Labute approximate surface area is 116 Å². The zero-order chi connectivity index (χ0) is 15.1. The van der Waals surface area contributed by atoms with Gasteiger partial charge in [0, 0.05) is 17.1 Å². The fourth-order valence-corrected chi connectivity index (χ4v) is 3.40. The molecule has 1 aromatic carbocycles. The lowest BCUT2D eigenvalue weighted by molar-refractivity contribution is 0.0692. The second-order valence-corrected chi connectivity index (χ2v) is 5.89. The average Bonchev–Trinajstić information content (AvgIpc) is 2.61. The molecule has 0 atom stereocenters. The fourth-order valence-electron chi connectivity index (χ4n) is 2.37. The molecule has 0 unspecified atom stereocenters. The predicted octanol–water partition coefficient (Wildman–Crippen LogP) is 1.44. The van der Waals surface area contributed by atoms with E-state index in [1.807, 2.05) is 6.07 Å². The molecule has 1 aromatic heterocycles. The maximum absolute atomic E-state index is 11.7. The largest absolute Gasteiger partial charge is 0.478 e. The zero-order valence-electron chi connectivity index (χ0n) is 11.0. The van der Waals surface area contributed by atoms with Crippen LogP contribution in [0.5, 0.6) is 0 Å². The summed E-state index contributed by atoms with van der Waals surface area (Å²) in [5.41, 5.74) is 1.01. The molecular formula is C13H14N2O4S. The zero-order valence-corrected chi connectivity index (χ0v) is 11.8. The smallest absolute Gasteiger partial charge is 0.338 e. The Kier molecular flexibility index (Phi) is 3.41. The van der Waals surface area contributed by atoms with Crippen molar-refractivity contribution in [2.45, 2.75) is 18.7 Å². The molecule has 2 aromatic rings. The number of carboxylic acids is 1. The van der Waals surface area contributed by atoms with Crippen molar-refractivity contribution in [3.8, 4) is 5.69 Å². The minimum Gasteiger partial charge on any atom is -0.478 e. The molecule has 0 amide bonds. The summed E-state index contributed by atoms with van der Waals surface area (Å²) in [6.07, 6.45) is 0. The predicted molar refractivity (Wildman–Crippen MR) is 73.6 cm³/mol. The molecule has 6 nitrogen and oxygen atoms in total. The Morgan fingerprint density at radius 3 is 2.10 bits per heavy atom. The second-order valence-electron chi connectivity index (χ2n) is 4.40. The van der Waals surface area contributed by atoms with Crippen LogP contribution in [-0.4, -0.2) is 24.1 Å². The van der Waals surface area contributed by atoms with E-state index < -0.39 is 16.0 Å². The van der Waals surface area contributed by atoms with Crippen LogP contribution in [0.2, 0.25) is 0 Å². The first kappa shape index (κ1) is 14.3. The van der Waals surface area contributed by atoms with Crippen LogP contribution in [-0.2, 0) is 10.0 Å². The lowest BCUT2D eigenvalue weighted by Gasteiger charge is -2.09. The van der Waals surface area contributed by atoms with E-state index >= 15 is 0 Å². The van der Waals surface area contributed by atoms with Crippen molar-refractivity contribution < 1.29 is 18.3 Å². The monoisotopic (exact) mass is 294 g/mol. The molecule has 0 radical (unpaired) electrons. The van der Waals surface area contributed by atoms with Crippen molar-refractivity contribution in [3.05, 3.63) is 47.3 Å². The lowest BCUT2D eigenvalue weighted by atomic mass is 10.2. The van der Waals surface area contributed by atoms with Crippen molar-refractivity contribution in [3.63, 3.8) is 0 Å². The Morgan fingerprint density at radius 2 is 1.70 bits per heavy atom. The fraction of sp³-hybridized carbons (Fsp3) is 0.154. The molecule has 0 fully saturated rings. The number of nitrogens with two attached hydrogens (primary N) is 1. The van der Waals surface area contributed by atoms with E-state index in [0.29, 0.717) is 11.4 Å². The number of hydrogen-bond acceptors (Lipinski definition) is 3.